The van der Waals surface area contributed by atoms with Crippen molar-refractivity contribution in [3.8, 4) is 0 Å². The molecule has 0 spiro atoms. The van der Waals surface area contributed by atoms with E-state index in [1.807, 2.05) is 48.7 Å². The number of anilines is 1. The molecule has 2 aliphatic rings. The van der Waals surface area contributed by atoms with Gasteiger partial charge in [-0.15, -0.1) is 11.3 Å². The number of carbonyl (C=O) groups is 4. The number of carbonyl (C=O) groups excluding carboxylic acids is 4. The van der Waals surface area contributed by atoms with Crippen LogP contribution in [-0.4, -0.2) is 43.6 Å². The van der Waals surface area contributed by atoms with E-state index in [1.54, 1.807) is 11.8 Å². The number of ether oxygens (including phenoxy) is 2. The summed E-state index contributed by atoms with van der Waals surface area (Å²) >= 11 is 1.47. The number of nitrogens with zero attached hydrogens (tertiary/aromatic N) is 1. The summed E-state index contributed by atoms with van der Waals surface area (Å²) in [6, 6.07) is 10.4. The molecule has 10 heteroatoms. The molecule has 0 aliphatic carbocycles. The molecule has 184 valence electrons. The highest BCUT2D eigenvalue weighted by Crippen LogP contribution is 2.42. The van der Waals surface area contributed by atoms with Gasteiger partial charge in [0.1, 0.15) is 6.61 Å². The lowest BCUT2D eigenvalue weighted by molar-refractivity contribution is -0.150. The summed E-state index contributed by atoms with van der Waals surface area (Å²) in [5, 5.41) is 6.97. The number of hydrogen-bond donors (Lipinski definition) is 2. The Morgan fingerprint density at radius 2 is 1.91 bits per heavy atom. The zero-order valence-electron chi connectivity index (χ0n) is 19.5. The molecule has 3 amide bonds. The zero-order chi connectivity index (χ0) is 24.9. The Bertz CT molecular complexity index is 1140. The molecule has 1 saturated heterocycles. The van der Waals surface area contributed by atoms with Gasteiger partial charge in [-0.2, -0.15) is 0 Å². The highest BCUT2D eigenvalue weighted by Gasteiger charge is 2.43. The molecule has 0 radical (unpaired) electrons. The van der Waals surface area contributed by atoms with Crippen molar-refractivity contribution in [2.24, 2.45) is 5.92 Å². The SMILES string of the molecule is CCOC(=O)C1=C(COC(=O)C2CCC(=O)N(c3ccc(C)cc3)C2c2cccs2)NC(=O)NC1. The molecule has 2 unspecified atom stereocenters. The highest BCUT2D eigenvalue weighted by molar-refractivity contribution is 7.10. The Morgan fingerprint density at radius 1 is 1.14 bits per heavy atom. The van der Waals surface area contributed by atoms with Crippen LogP contribution in [0, 0.1) is 12.8 Å². The van der Waals surface area contributed by atoms with Crippen LogP contribution in [0.3, 0.4) is 0 Å². The number of nitrogens with one attached hydrogen (secondary N) is 2. The van der Waals surface area contributed by atoms with E-state index < -0.39 is 29.9 Å². The third-order valence-electron chi connectivity index (χ3n) is 5.98. The van der Waals surface area contributed by atoms with Gasteiger partial charge in [-0.1, -0.05) is 23.8 Å². The third-order valence-corrected chi connectivity index (χ3v) is 6.92. The molecular formula is C25H27N3O6S. The van der Waals surface area contributed by atoms with Gasteiger partial charge in [0.05, 0.1) is 36.4 Å². The molecule has 35 heavy (non-hydrogen) atoms. The third kappa shape index (κ3) is 5.37. The first-order valence-corrected chi connectivity index (χ1v) is 12.3. The minimum absolute atomic E-state index is 0.0193. The van der Waals surface area contributed by atoms with Crippen molar-refractivity contribution >= 4 is 40.9 Å². The first-order valence-electron chi connectivity index (χ1n) is 11.4. The predicted octanol–water partition coefficient (Wildman–Crippen LogP) is 3.21. The lowest BCUT2D eigenvalue weighted by atomic mass is 9.87. The van der Waals surface area contributed by atoms with Crippen molar-refractivity contribution < 1.29 is 28.7 Å². The number of urea groups is 1. The Labute approximate surface area is 207 Å². The standard InChI is InChI=1S/C25H27N3O6S/c1-3-33-24(31)18-13-26-25(32)27-19(18)14-34-23(30)17-10-11-21(29)28(16-8-6-15(2)7-9-16)22(17)20-5-4-12-35-20/h4-9,12,17,22H,3,10-11,13-14H2,1-2H3,(H2,26,27,32). The molecule has 0 bridgehead atoms. The number of aryl methyl sites for hydroxylation is 1. The maximum atomic E-state index is 13.3. The lowest BCUT2D eigenvalue weighted by Crippen LogP contribution is -2.47. The summed E-state index contributed by atoms with van der Waals surface area (Å²) in [4.78, 5) is 53.0. The summed E-state index contributed by atoms with van der Waals surface area (Å²) in [6.07, 6.45) is 0.535. The van der Waals surface area contributed by atoms with Gasteiger partial charge >= 0.3 is 18.0 Å². The van der Waals surface area contributed by atoms with Gasteiger partial charge in [0.2, 0.25) is 5.91 Å². The normalized spacial score (nSPS) is 20.2. The maximum Gasteiger partial charge on any atom is 0.337 e. The molecule has 1 aromatic heterocycles. The van der Waals surface area contributed by atoms with Gasteiger partial charge in [0.25, 0.3) is 0 Å². The summed E-state index contributed by atoms with van der Waals surface area (Å²) < 4.78 is 10.7. The van der Waals surface area contributed by atoms with Crippen molar-refractivity contribution in [3.05, 3.63) is 63.5 Å². The van der Waals surface area contributed by atoms with E-state index in [1.165, 1.54) is 11.3 Å². The van der Waals surface area contributed by atoms with E-state index in [-0.39, 0.29) is 43.4 Å². The molecule has 1 fully saturated rings. The van der Waals surface area contributed by atoms with Crippen LogP contribution in [0.15, 0.2) is 53.0 Å². The number of piperidine rings is 1. The quantitative estimate of drug-likeness (QED) is 0.568. The second-order valence-corrected chi connectivity index (χ2v) is 9.28. The number of amides is 3. The Kier molecular flexibility index (Phi) is 7.50. The minimum Gasteiger partial charge on any atom is -0.463 e. The number of esters is 2. The van der Waals surface area contributed by atoms with Crippen molar-refractivity contribution in [2.45, 2.75) is 32.7 Å². The zero-order valence-corrected chi connectivity index (χ0v) is 20.4. The van der Waals surface area contributed by atoms with Crippen LogP contribution in [0.4, 0.5) is 10.5 Å². The second kappa shape index (κ2) is 10.7. The first kappa shape index (κ1) is 24.5. The van der Waals surface area contributed by atoms with Crippen LogP contribution in [0.1, 0.15) is 36.2 Å². The smallest absolute Gasteiger partial charge is 0.337 e. The van der Waals surface area contributed by atoms with Gasteiger partial charge in [-0.05, 0) is 43.8 Å². The summed E-state index contributed by atoms with van der Waals surface area (Å²) in [7, 11) is 0. The molecular weight excluding hydrogens is 470 g/mol. The minimum atomic E-state index is -0.614. The molecule has 2 N–H and O–H groups in total. The Morgan fingerprint density at radius 3 is 2.60 bits per heavy atom. The monoisotopic (exact) mass is 497 g/mol. The number of hydrogen-bond acceptors (Lipinski definition) is 7. The van der Waals surface area contributed by atoms with Crippen molar-refractivity contribution in [2.75, 3.05) is 24.7 Å². The van der Waals surface area contributed by atoms with Crippen molar-refractivity contribution in [1.29, 1.82) is 0 Å². The van der Waals surface area contributed by atoms with Gasteiger partial charge < -0.3 is 25.0 Å². The molecule has 0 saturated carbocycles. The van der Waals surface area contributed by atoms with E-state index in [9.17, 15) is 19.2 Å². The van der Waals surface area contributed by atoms with Crippen LogP contribution in [0.2, 0.25) is 0 Å². The number of benzene rings is 1. The fourth-order valence-corrected chi connectivity index (χ4v) is 5.13. The lowest BCUT2D eigenvalue weighted by Gasteiger charge is -2.39. The summed E-state index contributed by atoms with van der Waals surface area (Å²) in [5.41, 5.74) is 2.18. The average Bonchev–Trinajstić information content (AvgIpc) is 3.38. The second-order valence-electron chi connectivity index (χ2n) is 8.30. The maximum absolute atomic E-state index is 13.3. The van der Waals surface area contributed by atoms with E-state index in [0.29, 0.717) is 6.42 Å². The molecule has 2 aliphatic heterocycles. The molecule has 1 aromatic carbocycles. The molecule has 9 nitrogen and oxygen atoms in total. The number of rotatable bonds is 7. The van der Waals surface area contributed by atoms with Crippen LogP contribution in [0.5, 0.6) is 0 Å². The average molecular weight is 498 g/mol. The Balaban J connectivity index is 1.59. The summed E-state index contributed by atoms with van der Waals surface area (Å²) in [5.74, 6) is -1.77. The van der Waals surface area contributed by atoms with Crippen molar-refractivity contribution in [1.82, 2.24) is 10.6 Å². The van der Waals surface area contributed by atoms with Crippen molar-refractivity contribution in [3.63, 3.8) is 0 Å². The first-order chi connectivity index (χ1) is 16.9. The van der Waals surface area contributed by atoms with Crippen LogP contribution < -0.4 is 15.5 Å². The van der Waals surface area contributed by atoms with E-state index >= 15 is 0 Å². The van der Waals surface area contributed by atoms with E-state index in [0.717, 1.165) is 16.1 Å². The summed E-state index contributed by atoms with van der Waals surface area (Å²) in [6.45, 7) is 3.53. The fraction of sp³-hybridized carbons (Fsp3) is 0.360. The molecule has 2 aromatic rings. The van der Waals surface area contributed by atoms with Crippen LogP contribution in [0.25, 0.3) is 0 Å². The van der Waals surface area contributed by atoms with Gasteiger partial charge in [-0.3, -0.25) is 9.59 Å². The number of thiophene rings is 1. The van der Waals surface area contributed by atoms with Gasteiger partial charge in [-0.25, -0.2) is 9.59 Å². The largest absolute Gasteiger partial charge is 0.463 e. The topological polar surface area (TPSA) is 114 Å². The van der Waals surface area contributed by atoms with Gasteiger partial charge in [0, 0.05) is 17.0 Å². The molecule has 2 atom stereocenters. The van der Waals surface area contributed by atoms with E-state index in [4.69, 9.17) is 9.47 Å². The highest BCUT2D eigenvalue weighted by atomic mass is 32.1. The van der Waals surface area contributed by atoms with Crippen LogP contribution >= 0.6 is 11.3 Å². The van der Waals surface area contributed by atoms with Gasteiger partial charge in [0.15, 0.2) is 0 Å². The molecule has 3 heterocycles. The molecule has 4 rings (SSSR count). The van der Waals surface area contributed by atoms with E-state index in [2.05, 4.69) is 10.6 Å². The predicted molar refractivity (Wildman–Crippen MR) is 130 cm³/mol. The van der Waals surface area contributed by atoms with Crippen LogP contribution in [-0.2, 0) is 23.9 Å². The Hall–Kier alpha value is -3.66. The fourth-order valence-electron chi connectivity index (χ4n) is 4.25.